The third-order valence-electron chi connectivity index (χ3n) is 1.68. The van der Waals surface area contributed by atoms with E-state index in [0.717, 1.165) is 13.0 Å². The van der Waals surface area contributed by atoms with Gasteiger partial charge in [0.05, 0.1) is 0 Å². The van der Waals surface area contributed by atoms with Gasteiger partial charge in [-0.1, -0.05) is 0 Å². The SMILES string of the molecule is CC(=O)NCCNCCC[Si](C)(O)O. The lowest BCUT2D eigenvalue weighted by Gasteiger charge is -2.11. The monoisotopic (exact) mass is 220 g/mol. The van der Waals surface area contributed by atoms with Gasteiger partial charge in [0.15, 0.2) is 0 Å². The van der Waals surface area contributed by atoms with Crippen LogP contribution in [-0.2, 0) is 4.79 Å². The summed E-state index contributed by atoms with van der Waals surface area (Å²) in [6, 6.07) is 0.486. The highest BCUT2D eigenvalue weighted by molar-refractivity contribution is 6.63. The van der Waals surface area contributed by atoms with Crippen LogP contribution in [0, 0.1) is 0 Å². The Hall–Kier alpha value is -0.433. The van der Waals surface area contributed by atoms with Crippen molar-refractivity contribution in [2.75, 3.05) is 19.6 Å². The van der Waals surface area contributed by atoms with Gasteiger partial charge in [0.1, 0.15) is 0 Å². The molecule has 1 amide bonds. The third kappa shape index (κ3) is 11.6. The van der Waals surface area contributed by atoms with Gasteiger partial charge in [-0.15, -0.1) is 0 Å². The lowest BCUT2D eigenvalue weighted by Crippen LogP contribution is -2.33. The fourth-order valence-electron chi connectivity index (χ4n) is 1.00. The van der Waals surface area contributed by atoms with Crippen LogP contribution in [0.25, 0.3) is 0 Å². The van der Waals surface area contributed by atoms with Crippen LogP contribution >= 0.6 is 0 Å². The lowest BCUT2D eigenvalue weighted by atomic mass is 10.4. The van der Waals surface area contributed by atoms with Crippen LogP contribution in [0.3, 0.4) is 0 Å². The van der Waals surface area contributed by atoms with Crippen molar-refractivity contribution in [1.29, 1.82) is 0 Å². The number of nitrogens with one attached hydrogen (secondary N) is 2. The van der Waals surface area contributed by atoms with Crippen LogP contribution in [0.1, 0.15) is 13.3 Å². The molecule has 0 aromatic rings. The molecular formula is C8H20N2O3Si. The summed E-state index contributed by atoms with van der Waals surface area (Å²) < 4.78 is 0. The third-order valence-corrected chi connectivity index (χ3v) is 2.98. The highest BCUT2D eigenvalue weighted by atomic mass is 28.4. The summed E-state index contributed by atoms with van der Waals surface area (Å²) >= 11 is 0. The van der Waals surface area contributed by atoms with Gasteiger partial charge in [-0.2, -0.15) is 0 Å². The molecule has 6 heteroatoms. The van der Waals surface area contributed by atoms with Crippen LogP contribution in [0.5, 0.6) is 0 Å². The van der Waals surface area contributed by atoms with Crippen LogP contribution in [0.2, 0.25) is 12.6 Å². The normalized spacial score (nSPS) is 11.4. The van der Waals surface area contributed by atoms with Crippen LogP contribution in [0.15, 0.2) is 0 Å². The Bertz CT molecular complexity index is 170. The molecule has 0 saturated carbocycles. The average Bonchev–Trinajstić information content (AvgIpc) is 2.00. The van der Waals surface area contributed by atoms with E-state index in [9.17, 15) is 4.79 Å². The fourth-order valence-corrected chi connectivity index (χ4v) is 1.85. The Kier molecular flexibility index (Phi) is 6.72. The zero-order valence-corrected chi connectivity index (χ0v) is 9.84. The Morgan fingerprint density at radius 2 is 1.93 bits per heavy atom. The highest BCUT2D eigenvalue weighted by Gasteiger charge is 2.19. The zero-order valence-electron chi connectivity index (χ0n) is 8.84. The minimum absolute atomic E-state index is 0.0301. The van der Waals surface area contributed by atoms with Crippen molar-refractivity contribution in [1.82, 2.24) is 10.6 Å². The molecule has 0 atom stereocenters. The number of carbonyl (C=O) groups is 1. The van der Waals surface area contributed by atoms with Crippen molar-refractivity contribution in [2.24, 2.45) is 0 Å². The van der Waals surface area contributed by atoms with E-state index in [1.54, 1.807) is 0 Å². The Balaban J connectivity index is 3.11. The van der Waals surface area contributed by atoms with E-state index in [-0.39, 0.29) is 5.91 Å². The second-order valence-corrected chi connectivity index (χ2v) is 6.49. The first kappa shape index (κ1) is 13.6. The van der Waals surface area contributed by atoms with Gasteiger partial charge in [0.2, 0.25) is 5.91 Å². The van der Waals surface area contributed by atoms with Gasteiger partial charge in [-0.25, -0.2) is 0 Å². The van der Waals surface area contributed by atoms with Gasteiger partial charge in [0.25, 0.3) is 0 Å². The van der Waals surface area contributed by atoms with E-state index in [1.807, 2.05) is 0 Å². The Morgan fingerprint density at radius 3 is 2.43 bits per heavy atom. The maximum absolute atomic E-state index is 10.5. The first-order chi connectivity index (χ1) is 6.42. The predicted octanol–water partition coefficient (Wildman–Crippen LogP) is -0.841. The molecule has 0 fully saturated rings. The molecule has 0 saturated heterocycles. The van der Waals surface area contributed by atoms with Gasteiger partial charge < -0.3 is 20.2 Å². The predicted molar refractivity (Wildman–Crippen MR) is 57.0 cm³/mol. The van der Waals surface area contributed by atoms with Crippen molar-refractivity contribution in [3.05, 3.63) is 0 Å². The van der Waals surface area contributed by atoms with Gasteiger partial charge >= 0.3 is 8.56 Å². The quantitative estimate of drug-likeness (QED) is 0.333. The molecule has 0 aliphatic heterocycles. The molecule has 0 spiro atoms. The lowest BCUT2D eigenvalue weighted by molar-refractivity contribution is -0.118. The summed E-state index contributed by atoms with van der Waals surface area (Å²) in [5, 5.41) is 5.76. The molecule has 0 aliphatic rings. The standard InChI is InChI=1S/C8H20N2O3Si/c1-8(11)10-6-5-9-4-3-7-14(2,12)13/h9,12-13H,3-7H2,1-2H3,(H,10,11). The molecule has 0 heterocycles. The number of hydrogen-bond donors (Lipinski definition) is 4. The minimum Gasteiger partial charge on any atom is -0.411 e. The molecule has 0 aromatic carbocycles. The number of carbonyl (C=O) groups excluding carboxylic acids is 1. The molecule has 0 aromatic heterocycles. The van der Waals surface area contributed by atoms with E-state index >= 15 is 0 Å². The number of rotatable bonds is 7. The average molecular weight is 220 g/mol. The molecule has 0 bridgehead atoms. The number of amides is 1. The van der Waals surface area contributed by atoms with Crippen molar-refractivity contribution in [3.63, 3.8) is 0 Å². The molecule has 14 heavy (non-hydrogen) atoms. The van der Waals surface area contributed by atoms with Crippen molar-refractivity contribution < 1.29 is 14.4 Å². The second kappa shape index (κ2) is 6.94. The molecular weight excluding hydrogens is 200 g/mol. The van der Waals surface area contributed by atoms with Crippen molar-refractivity contribution in [2.45, 2.75) is 25.9 Å². The minimum atomic E-state index is -2.85. The van der Waals surface area contributed by atoms with E-state index < -0.39 is 8.56 Å². The Labute approximate surface area is 85.8 Å². The van der Waals surface area contributed by atoms with Crippen molar-refractivity contribution >= 4 is 14.5 Å². The van der Waals surface area contributed by atoms with Gasteiger partial charge in [0, 0.05) is 20.0 Å². The molecule has 84 valence electrons. The molecule has 0 radical (unpaired) electrons. The van der Waals surface area contributed by atoms with E-state index in [1.165, 1.54) is 13.5 Å². The van der Waals surface area contributed by atoms with E-state index in [2.05, 4.69) is 10.6 Å². The highest BCUT2D eigenvalue weighted by Crippen LogP contribution is 2.02. The topological polar surface area (TPSA) is 81.6 Å². The van der Waals surface area contributed by atoms with Crippen LogP contribution < -0.4 is 10.6 Å². The summed E-state index contributed by atoms with van der Waals surface area (Å²) in [6.45, 7) is 5.07. The maximum Gasteiger partial charge on any atom is 0.329 e. The summed E-state index contributed by atoms with van der Waals surface area (Å²) in [5.74, 6) is -0.0301. The van der Waals surface area contributed by atoms with Crippen LogP contribution in [-0.4, -0.2) is 43.7 Å². The van der Waals surface area contributed by atoms with Crippen LogP contribution in [0.4, 0.5) is 0 Å². The fraction of sp³-hybridized carbons (Fsp3) is 0.875. The smallest absolute Gasteiger partial charge is 0.329 e. The maximum atomic E-state index is 10.5. The summed E-state index contributed by atoms with van der Waals surface area (Å²) in [4.78, 5) is 28.7. The molecule has 0 rings (SSSR count). The van der Waals surface area contributed by atoms with Gasteiger partial charge in [-0.05, 0) is 25.6 Å². The van der Waals surface area contributed by atoms with E-state index in [4.69, 9.17) is 9.59 Å². The molecule has 0 aliphatic carbocycles. The number of hydrogen-bond acceptors (Lipinski definition) is 4. The summed E-state index contributed by atoms with van der Waals surface area (Å²) in [5.41, 5.74) is 0. The van der Waals surface area contributed by atoms with Gasteiger partial charge in [-0.3, -0.25) is 4.79 Å². The largest absolute Gasteiger partial charge is 0.411 e. The summed E-state index contributed by atoms with van der Waals surface area (Å²) in [6.07, 6.45) is 0.760. The molecule has 5 nitrogen and oxygen atoms in total. The summed E-state index contributed by atoms with van der Waals surface area (Å²) in [7, 11) is -2.85. The first-order valence-electron chi connectivity index (χ1n) is 4.82. The second-order valence-electron chi connectivity index (χ2n) is 3.55. The van der Waals surface area contributed by atoms with Crippen molar-refractivity contribution in [3.8, 4) is 0 Å². The first-order valence-corrected chi connectivity index (χ1v) is 7.42. The molecule has 4 N–H and O–H groups in total. The molecule has 0 unspecified atom stereocenters. The Morgan fingerprint density at radius 1 is 1.29 bits per heavy atom. The van der Waals surface area contributed by atoms with E-state index in [0.29, 0.717) is 19.1 Å². The zero-order chi connectivity index (χ0) is 11.0.